The third-order valence-electron chi connectivity index (χ3n) is 5.57. The second-order valence-electron chi connectivity index (χ2n) is 8.37. The Morgan fingerprint density at radius 3 is 2.03 bits per heavy atom. The van der Waals surface area contributed by atoms with E-state index >= 15 is 0 Å². The number of carbonyl (C=O) groups excluding carboxylic acids is 1. The molecule has 0 unspecified atom stereocenters. The lowest BCUT2D eigenvalue weighted by molar-refractivity contribution is -0.115. The Hall–Kier alpha value is -2.29. The molecule has 3 heteroatoms. The highest BCUT2D eigenvalue weighted by Crippen LogP contribution is 2.24. The summed E-state index contributed by atoms with van der Waals surface area (Å²) in [5.74, 6) is 0.716. The van der Waals surface area contributed by atoms with Crippen LogP contribution in [0.1, 0.15) is 89.5 Å². The van der Waals surface area contributed by atoms with Gasteiger partial charge in [0.25, 0.3) is 0 Å². The Balaban J connectivity index is 1.55. The smallest absolute Gasteiger partial charge is 0.228 e. The number of hydrogen-bond acceptors (Lipinski definition) is 2. The minimum atomic E-state index is -0.0346. The van der Waals surface area contributed by atoms with Crippen LogP contribution in [0.15, 0.2) is 48.5 Å². The average molecular weight is 423 g/mol. The van der Waals surface area contributed by atoms with Crippen LogP contribution in [0.3, 0.4) is 0 Å². The number of para-hydroxylation sites is 2. The van der Waals surface area contributed by atoms with E-state index in [0.29, 0.717) is 13.0 Å². The van der Waals surface area contributed by atoms with Crippen molar-refractivity contribution < 1.29 is 9.53 Å². The molecule has 3 nitrogen and oxygen atoms in total. The summed E-state index contributed by atoms with van der Waals surface area (Å²) in [7, 11) is 0. The van der Waals surface area contributed by atoms with Crippen LogP contribution in [0.2, 0.25) is 0 Å². The molecule has 31 heavy (non-hydrogen) atoms. The second kappa shape index (κ2) is 16.4. The molecule has 0 heterocycles. The summed E-state index contributed by atoms with van der Waals surface area (Å²) in [6, 6.07) is 18.1. The van der Waals surface area contributed by atoms with Crippen LogP contribution in [0.4, 0.5) is 5.69 Å². The fraction of sp³-hybridized carbons (Fsp3) is 0.536. The first-order chi connectivity index (χ1) is 15.3. The minimum Gasteiger partial charge on any atom is -0.491 e. The number of rotatable bonds is 17. The van der Waals surface area contributed by atoms with E-state index in [4.69, 9.17) is 4.74 Å². The molecule has 2 aromatic carbocycles. The van der Waals surface area contributed by atoms with Gasteiger partial charge in [0.1, 0.15) is 5.75 Å². The van der Waals surface area contributed by atoms with E-state index < -0.39 is 0 Å². The molecule has 0 aliphatic rings. The first-order valence-corrected chi connectivity index (χ1v) is 12.3. The van der Waals surface area contributed by atoms with Crippen LogP contribution in [-0.2, 0) is 11.2 Å². The number of unbranched alkanes of at least 4 members (excludes halogenated alkanes) is 11. The largest absolute Gasteiger partial charge is 0.491 e. The molecule has 169 valence electrons. The predicted molar refractivity (Wildman–Crippen MR) is 131 cm³/mol. The van der Waals surface area contributed by atoms with Gasteiger partial charge in [0.05, 0.1) is 18.7 Å². The zero-order chi connectivity index (χ0) is 22.0. The van der Waals surface area contributed by atoms with Crippen LogP contribution >= 0.6 is 0 Å². The minimum absolute atomic E-state index is 0.0346. The Morgan fingerprint density at radius 2 is 1.39 bits per heavy atom. The van der Waals surface area contributed by atoms with Crippen LogP contribution in [0, 0.1) is 6.07 Å². The molecule has 1 radical (unpaired) electrons. The summed E-state index contributed by atoms with van der Waals surface area (Å²) in [6.07, 6.45) is 16.3. The molecule has 0 aliphatic carbocycles. The molecule has 1 amide bonds. The lowest BCUT2D eigenvalue weighted by atomic mass is 10.1. The van der Waals surface area contributed by atoms with Crippen LogP contribution in [0.5, 0.6) is 5.75 Å². The predicted octanol–water partition coefficient (Wildman–Crippen LogP) is 7.75. The maximum atomic E-state index is 12.3. The lowest BCUT2D eigenvalue weighted by Gasteiger charge is -2.12. The number of anilines is 1. The molecular formula is C28H40NO2. The van der Waals surface area contributed by atoms with Crippen molar-refractivity contribution in [3.8, 4) is 5.75 Å². The number of nitrogens with one attached hydrogen (secondary N) is 1. The third-order valence-corrected chi connectivity index (χ3v) is 5.57. The Kier molecular flexibility index (Phi) is 13.2. The van der Waals surface area contributed by atoms with Crippen molar-refractivity contribution >= 4 is 11.6 Å². The molecule has 0 fully saturated rings. The third kappa shape index (κ3) is 11.6. The van der Waals surface area contributed by atoms with E-state index in [9.17, 15) is 4.79 Å². The highest BCUT2D eigenvalue weighted by atomic mass is 16.5. The number of amides is 1. The molecule has 2 aromatic rings. The standard InChI is InChI=1S/C28H40NO2/c1-2-3-4-5-6-7-8-9-10-11-12-18-23-31-27-22-17-16-21-26(27)29-28(30)24-25-19-14-13-15-20-25/h14-17,19-22H,2-12,18,23-24H2,1H3,(H,29,30). The van der Waals surface area contributed by atoms with Gasteiger partial charge in [-0.1, -0.05) is 114 Å². The van der Waals surface area contributed by atoms with Gasteiger partial charge in [-0.25, -0.2) is 0 Å². The highest BCUT2D eigenvalue weighted by molar-refractivity contribution is 5.93. The molecule has 1 N–H and O–H groups in total. The van der Waals surface area contributed by atoms with Crippen molar-refractivity contribution in [3.05, 3.63) is 60.2 Å². The van der Waals surface area contributed by atoms with E-state index in [-0.39, 0.29) is 5.91 Å². The van der Waals surface area contributed by atoms with Gasteiger partial charge in [0.2, 0.25) is 5.91 Å². The Labute approximate surface area is 189 Å². The normalized spacial score (nSPS) is 10.7. The second-order valence-corrected chi connectivity index (χ2v) is 8.37. The highest BCUT2D eigenvalue weighted by Gasteiger charge is 2.08. The van der Waals surface area contributed by atoms with Gasteiger partial charge >= 0.3 is 0 Å². The van der Waals surface area contributed by atoms with Crippen LogP contribution in [0.25, 0.3) is 0 Å². The first-order valence-electron chi connectivity index (χ1n) is 12.3. The van der Waals surface area contributed by atoms with Gasteiger partial charge in [0, 0.05) is 0 Å². The zero-order valence-corrected chi connectivity index (χ0v) is 19.3. The summed E-state index contributed by atoms with van der Waals surface area (Å²) in [5, 5.41) is 2.98. The molecular weight excluding hydrogens is 382 g/mol. The van der Waals surface area contributed by atoms with Crippen LogP contribution in [-0.4, -0.2) is 12.5 Å². The van der Waals surface area contributed by atoms with E-state index in [0.717, 1.165) is 23.4 Å². The van der Waals surface area contributed by atoms with Gasteiger partial charge in [-0.2, -0.15) is 0 Å². The van der Waals surface area contributed by atoms with Gasteiger partial charge in [-0.05, 0) is 30.2 Å². The number of carbonyl (C=O) groups is 1. The topological polar surface area (TPSA) is 38.3 Å². The van der Waals surface area contributed by atoms with Crippen LogP contribution < -0.4 is 10.1 Å². The maximum absolute atomic E-state index is 12.3. The summed E-state index contributed by atoms with van der Waals surface area (Å²) < 4.78 is 5.96. The monoisotopic (exact) mass is 422 g/mol. The van der Waals surface area contributed by atoms with Crippen molar-refractivity contribution in [1.29, 1.82) is 0 Å². The van der Waals surface area contributed by atoms with Crippen molar-refractivity contribution in [2.24, 2.45) is 0 Å². The van der Waals surface area contributed by atoms with Crippen molar-refractivity contribution in [2.75, 3.05) is 11.9 Å². The lowest BCUT2D eigenvalue weighted by Crippen LogP contribution is -2.15. The number of ether oxygens (including phenoxy) is 1. The average Bonchev–Trinajstić information content (AvgIpc) is 2.78. The number of benzene rings is 2. The molecule has 0 saturated heterocycles. The SMILES string of the molecule is CCCCCCCCCCCCCCOc1ccccc1NC(=O)Cc1cc[c]cc1. The van der Waals surface area contributed by atoms with Gasteiger partial charge in [0.15, 0.2) is 0 Å². The van der Waals surface area contributed by atoms with E-state index in [2.05, 4.69) is 18.3 Å². The molecule has 0 aliphatic heterocycles. The van der Waals surface area contributed by atoms with E-state index in [1.807, 2.05) is 48.5 Å². The Morgan fingerprint density at radius 1 is 0.806 bits per heavy atom. The van der Waals surface area contributed by atoms with E-state index in [1.54, 1.807) is 0 Å². The molecule has 0 saturated carbocycles. The summed E-state index contributed by atoms with van der Waals surface area (Å²) in [4.78, 5) is 12.3. The molecule has 0 bridgehead atoms. The van der Waals surface area contributed by atoms with Crippen molar-refractivity contribution in [3.63, 3.8) is 0 Å². The molecule has 0 spiro atoms. The zero-order valence-electron chi connectivity index (χ0n) is 19.3. The summed E-state index contributed by atoms with van der Waals surface area (Å²) >= 11 is 0. The summed E-state index contributed by atoms with van der Waals surface area (Å²) in [6.45, 7) is 2.97. The van der Waals surface area contributed by atoms with Gasteiger partial charge in [-0.3, -0.25) is 4.79 Å². The van der Waals surface area contributed by atoms with Gasteiger partial charge in [-0.15, -0.1) is 0 Å². The summed E-state index contributed by atoms with van der Waals surface area (Å²) in [5.41, 5.74) is 1.72. The number of hydrogen-bond donors (Lipinski definition) is 1. The molecule has 0 atom stereocenters. The maximum Gasteiger partial charge on any atom is 0.228 e. The Bertz CT molecular complexity index is 714. The fourth-order valence-corrected chi connectivity index (χ4v) is 3.74. The molecule has 0 aromatic heterocycles. The van der Waals surface area contributed by atoms with Crippen molar-refractivity contribution in [1.82, 2.24) is 0 Å². The fourth-order valence-electron chi connectivity index (χ4n) is 3.74. The quantitative estimate of drug-likeness (QED) is 0.265. The molecule has 2 rings (SSSR count). The van der Waals surface area contributed by atoms with E-state index in [1.165, 1.54) is 70.6 Å². The van der Waals surface area contributed by atoms with Crippen molar-refractivity contribution in [2.45, 2.75) is 90.4 Å². The van der Waals surface area contributed by atoms with Gasteiger partial charge < -0.3 is 10.1 Å². The first kappa shape index (κ1) is 25.0.